The van der Waals surface area contributed by atoms with Crippen molar-refractivity contribution in [3.05, 3.63) is 76.3 Å². The average Bonchev–Trinajstić information content (AvgIpc) is 2.56. The van der Waals surface area contributed by atoms with Gasteiger partial charge in [0.1, 0.15) is 6.54 Å². The minimum absolute atomic E-state index is 0.153. The number of hydrogen-bond donors (Lipinski definition) is 1. The van der Waals surface area contributed by atoms with Gasteiger partial charge in [-0.2, -0.15) is 5.10 Å². The summed E-state index contributed by atoms with van der Waals surface area (Å²) in [7, 11) is 0. The van der Waals surface area contributed by atoms with Gasteiger partial charge in [-0.15, -0.1) is 0 Å². The van der Waals surface area contributed by atoms with Gasteiger partial charge in [-0.05, 0) is 55.3 Å². The Morgan fingerprint density at radius 1 is 1.12 bits per heavy atom. The number of amides is 1. The summed E-state index contributed by atoms with van der Waals surface area (Å²) >= 11 is 0. The van der Waals surface area contributed by atoms with Crippen LogP contribution in [0.3, 0.4) is 0 Å². The van der Waals surface area contributed by atoms with E-state index in [1.165, 1.54) is 6.07 Å². The topological polar surface area (TPSA) is 76.9 Å². The number of hydrogen-bond acceptors (Lipinski definition) is 4. The largest absolute Gasteiger partial charge is 0.324 e. The van der Waals surface area contributed by atoms with Gasteiger partial charge in [0.15, 0.2) is 0 Å². The van der Waals surface area contributed by atoms with Crippen molar-refractivity contribution < 1.29 is 4.79 Å². The highest BCUT2D eigenvalue weighted by Gasteiger charge is 2.09. The van der Waals surface area contributed by atoms with E-state index in [0.29, 0.717) is 11.4 Å². The molecular formula is C19H18N4O2. The number of carbonyl (C=O) groups is 1. The number of aryl methyl sites for hydroxylation is 2. The van der Waals surface area contributed by atoms with Crippen LogP contribution in [0.1, 0.15) is 11.1 Å². The Kier molecular flexibility index (Phi) is 4.70. The van der Waals surface area contributed by atoms with E-state index in [-0.39, 0.29) is 18.0 Å². The molecule has 0 saturated carbocycles. The number of rotatable bonds is 4. The molecule has 0 bridgehead atoms. The maximum atomic E-state index is 12.3. The normalized spacial score (nSPS) is 10.5. The second-order valence-corrected chi connectivity index (χ2v) is 5.88. The molecule has 3 aromatic rings. The molecule has 0 aliphatic rings. The summed E-state index contributed by atoms with van der Waals surface area (Å²) in [5, 5.41) is 7.07. The van der Waals surface area contributed by atoms with Gasteiger partial charge in [-0.1, -0.05) is 6.07 Å². The molecule has 0 aliphatic carbocycles. The van der Waals surface area contributed by atoms with Crippen molar-refractivity contribution in [1.82, 2.24) is 14.8 Å². The van der Waals surface area contributed by atoms with E-state index in [4.69, 9.17) is 0 Å². The molecule has 0 unspecified atom stereocenters. The second kappa shape index (κ2) is 7.09. The fourth-order valence-corrected chi connectivity index (χ4v) is 2.61. The van der Waals surface area contributed by atoms with Crippen molar-refractivity contribution in [3.63, 3.8) is 0 Å². The molecule has 0 aliphatic heterocycles. The van der Waals surface area contributed by atoms with Gasteiger partial charge in [0, 0.05) is 29.7 Å². The molecule has 2 aromatic heterocycles. The molecule has 0 atom stereocenters. The van der Waals surface area contributed by atoms with Crippen molar-refractivity contribution in [3.8, 4) is 11.3 Å². The van der Waals surface area contributed by atoms with Gasteiger partial charge in [0.05, 0.1) is 5.69 Å². The standard InChI is InChI=1S/C19H18N4O2/c1-13-8-14(2)10-16(9-13)21-18(24)12-23-19(25)6-5-17(22-23)15-4-3-7-20-11-15/h3-11H,12H2,1-2H3,(H,21,24). The van der Waals surface area contributed by atoms with E-state index in [1.54, 1.807) is 24.5 Å². The number of carbonyl (C=O) groups excluding carboxylic acids is 1. The van der Waals surface area contributed by atoms with E-state index >= 15 is 0 Å². The monoisotopic (exact) mass is 334 g/mol. The van der Waals surface area contributed by atoms with Crippen LogP contribution < -0.4 is 10.9 Å². The van der Waals surface area contributed by atoms with Crippen LogP contribution in [0.4, 0.5) is 5.69 Å². The highest BCUT2D eigenvalue weighted by Crippen LogP contribution is 2.14. The first-order valence-electron chi connectivity index (χ1n) is 7.88. The molecule has 0 radical (unpaired) electrons. The van der Waals surface area contributed by atoms with E-state index < -0.39 is 0 Å². The molecule has 3 rings (SSSR count). The van der Waals surface area contributed by atoms with E-state index in [0.717, 1.165) is 21.4 Å². The molecule has 2 heterocycles. The lowest BCUT2D eigenvalue weighted by Crippen LogP contribution is -2.29. The first kappa shape index (κ1) is 16.6. The zero-order valence-electron chi connectivity index (χ0n) is 14.1. The van der Waals surface area contributed by atoms with E-state index in [1.807, 2.05) is 38.1 Å². The van der Waals surface area contributed by atoms with Crippen LogP contribution in [-0.2, 0) is 11.3 Å². The van der Waals surface area contributed by atoms with Gasteiger partial charge in [-0.3, -0.25) is 14.6 Å². The van der Waals surface area contributed by atoms with Crippen LogP contribution in [0.15, 0.2) is 59.7 Å². The highest BCUT2D eigenvalue weighted by molar-refractivity contribution is 5.90. The van der Waals surface area contributed by atoms with Crippen molar-refractivity contribution >= 4 is 11.6 Å². The van der Waals surface area contributed by atoms with Crippen molar-refractivity contribution in [2.75, 3.05) is 5.32 Å². The van der Waals surface area contributed by atoms with Crippen LogP contribution in [0.2, 0.25) is 0 Å². The summed E-state index contributed by atoms with van der Waals surface area (Å²) in [5.74, 6) is -0.303. The molecule has 0 saturated heterocycles. The predicted molar refractivity (Wildman–Crippen MR) is 96.3 cm³/mol. The zero-order valence-corrected chi connectivity index (χ0v) is 14.1. The molecule has 25 heavy (non-hydrogen) atoms. The minimum atomic E-state index is -0.330. The molecule has 126 valence electrons. The first-order chi connectivity index (χ1) is 12.0. The summed E-state index contributed by atoms with van der Waals surface area (Å²) in [4.78, 5) is 28.3. The Balaban J connectivity index is 1.80. The lowest BCUT2D eigenvalue weighted by atomic mass is 10.1. The number of pyridine rings is 1. The van der Waals surface area contributed by atoms with E-state index in [2.05, 4.69) is 15.4 Å². The Morgan fingerprint density at radius 3 is 2.56 bits per heavy atom. The van der Waals surface area contributed by atoms with Gasteiger partial charge in [-0.25, -0.2) is 4.68 Å². The third-order valence-electron chi connectivity index (χ3n) is 3.62. The maximum Gasteiger partial charge on any atom is 0.267 e. The molecule has 0 fully saturated rings. The molecule has 1 amide bonds. The van der Waals surface area contributed by atoms with Crippen LogP contribution in [0.5, 0.6) is 0 Å². The molecule has 1 N–H and O–H groups in total. The fraction of sp³-hybridized carbons (Fsp3) is 0.158. The fourth-order valence-electron chi connectivity index (χ4n) is 2.61. The van der Waals surface area contributed by atoms with Crippen LogP contribution in [0.25, 0.3) is 11.3 Å². The second-order valence-electron chi connectivity index (χ2n) is 5.88. The summed E-state index contributed by atoms with van der Waals surface area (Å²) < 4.78 is 1.15. The summed E-state index contributed by atoms with van der Waals surface area (Å²) in [6.07, 6.45) is 3.32. The Hall–Kier alpha value is -3.28. The Labute approximate surface area is 145 Å². The molecular weight excluding hydrogens is 316 g/mol. The predicted octanol–water partition coefficient (Wildman–Crippen LogP) is 2.56. The number of nitrogens with zero attached hydrogens (tertiary/aromatic N) is 3. The quantitative estimate of drug-likeness (QED) is 0.795. The Morgan fingerprint density at radius 2 is 1.88 bits per heavy atom. The van der Waals surface area contributed by atoms with Crippen LogP contribution in [-0.4, -0.2) is 20.7 Å². The average molecular weight is 334 g/mol. The zero-order chi connectivity index (χ0) is 17.8. The molecule has 6 nitrogen and oxygen atoms in total. The molecule has 6 heteroatoms. The molecule has 0 spiro atoms. The Bertz CT molecular complexity index is 944. The third kappa shape index (κ3) is 4.17. The number of nitrogens with one attached hydrogen (secondary N) is 1. The van der Waals surface area contributed by atoms with Crippen molar-refractivity contribution in [1.29, 1.82) is 0 Å². The van der Waals surface area contributed by atoms with Gasteiger partial charge < -0.3 is 5.32 Å². The number of benzene rings is 1. The number of anilines is 1. The van der Waals surface area contributed by atoms with Gasteiger partial charge >= 0.3 is 0 Å². The van der Waals surface area contributed by atoms with Crippen LogP contribution >= 0.6 is 0 Å². The van der Waals surface area contributed by atoms with Crippen molar-refractivity contribution in [2.24, 2.45) is 0 Å². The summed E-state index contributed by atoms with van der Waals surface area (Å²) in [6.45, 7) is 3.78. The highest BCUT2D eigenvalue weighted by atomic mass is 16.2. The maximum absolute atomic E-state index is 12.3. The van der Waals surface area contributed by atoms with Gasteiger partial charge in [0.2, 0.25) is 5.91 Å². The minimum Gasteiger partial charge on any atom is -0.324 e. The van der Waals surface area contributed by atoms with E-state index in [9.17, 15) is 9.59 Å². The van der Waals surface area contributed by atoms with Crippen molar-refractivity contribution in [2.45, 2.75) is 20.4 Å². The van der Waals surface area contributed by atoms with Gasteiger partial charge in [0.25, 0.3) is 5.56 Å². The summed E-state index contributed by atoms with van der Waals surface area (Å²) in [5.41, 5.74) is 3.87. The lowest BCUT2D eigenvalue weighted by molar-refractivity contribution is -0.117. The lowest BCUT2D eigenvalue weighted by Gasteiger charge is -2.09. The third-order valence-corrected chi connectivity index (χ3v) is 3.62. The molecule has 1 aromatic carbocycles. The smallest absolute Gasteiger partial charge is 0.267 e. The summed E-state index contributed by atoms with van der Waals surface area (Å²) in [6, 6.07) is 12.5. The first-order valence-corrected chi connectivity index (χ1v) is 7.88. The SMILES string of the molecule is Cc1cc(C)cc(NC(=O)Cn2nc(-c3cccnc3)ccc2=O)c1. The number of aromatic nitrogens is 3. The van der Waals surface area contributed by atoms with Crippen LogP contribution in [0, 0.1) is 13.8 Å².